The van der Waals surface area contributed by atoms with E-state index < -0.39 is 0 Å². The second kappa shape index (κ2) is 10.4. The van der Waals surface area contributed by atoms with E-state index in [0.29, 0.717) is 12.5 Å². The Balaban J connectivity index is 0.00000280. The van der Waals surface area contributed by atoms with Gasteiger partial charge in [0.25, 0.3) is 0 Å². The molecule has 2 atom stereocenters. The van der Waals surface area contributed by atoms with E-state index in [-0.39, 0.29) is 35.5 Å². The van der Waals surface area contributed by atoms with Crippen molar-refractivity contribution >= 4 is 40.8 Å². The van der Waals surface area contributed by atoms with E-state index in [1.165, 1.54) is 17.4 Å². The molecule has 2 heterocycles. The average Bonchev–Trinajstić information content (AvgIpc) is 2.67. The number of aliphatic imine (C=N–C) groups is 1. The standard InChI is InChI=1S/C22H32N4O.HI/c1-22(2,3)20-17(8-7-13-27-20)15-26-21(23-4)25-14-16-11-12-24-19-10-6-5-9-18(16)19;/h5-6,9-12,17,20H,7-8,13-15H2,1-4H3,(H2,23,25,26);1H. The zero-order valence-electron chi connectivity index (χ0n) is 17.4. The molecule has 1 aromatic carbocycles. The highest BCUT2D eigenvalue weighted by atomic mass is 127. The van der Waals surface area contributed by atoms with E-state index in [1.54, 1.807) is 0 Å². The van der Waals surface area contributed by atoms with Gasteiger partial charge in [-0.05, 0) is 36.0 Å². The van der Waals surface area contributed by atoms with E-state index in [1.807, 2.05) is 25.4 Å². The lowest BCUT2D eigenvalue weighted by Gasteiger charge is -2.40. The van der Waals surface area contributed by atoms with Crippen LogP contribution in [0.25, 0.3) is 10.9 Å². The first-order valence-corrected chi connectivity index (χ1v) is 9.88. The molecule has 1 aliphatic rings. The maximum atomic E-state index is 6.09. The third kappa shape index (κ3) is 5.80. The molecule has 1 aromatic heterocycles. The lowest BCUT2D eigenvalue weighted by molar-refractivity contribution is -0.0835. The quantitative estimate of drug-likeness (QED) is 0.375. The normalized spacial score (nSPS) is 20.5. The van der Waals surface area contributed by atoms with Gasteiger partial charge in [-0.2, -0.15) is 0 Å². The number of para-hydroxylation sites is 1. The van der Waals surface area contributed by atoms with Crippen LogP contribution in [0.4, 0.5) is 0 Å². The van der Waals surface area contributed by atoms with Crippen molar-refractivity contribution in [2.45, 2.75) is 46.3 Å². The van der Waals surface area contributed by atoms with Gasteiger partial charge in [0, 0.05) is 44.2 Å². The fourth-order valence-corrected chi connectivity index (χ4v) is 3.95. The van der Waals surface area contributed by atoms with Crippen LogP contribution in [0.15, 0.2) is 41.5 Å². The second-order valence-electron chi connectivity index (χ2n) is 8.35. The summed E-state index contributed by atoms with van der Waals surface area (Å²) in [4.78, 5) is 8.82. The highest BCUT2D eigenvalue weighted by molar-refractivity contribution is 14.0. The summed E-state index contributed by atoms with van der Waals surface area (Å²) < 4.78 is 6.09. The van der Waals surface area contributed by atoms with E-state index >= 15 is 0 Å². The molecule has 5 nitrogen and oxygen atoms in total. The summed E-state index contributed by atoms with van der Waals surface area (Å²) in [5.74, 6) is 1.33. The Bertz CT molecular complexity index is 782. The number of guanidine groups is 1. The number of rotatable bonds is 4. The third-order valence-electron chi connectivity index (χ3n) is 5.24. The fourth-order valence-electron chi connectivity index (χ4n) is 3.95. The smallest absolute Gasteiger partial charge is 0.191 e. The molecule has 0 saturated carbocycles. The van der Waals surface area contributed by atoms with E-state index in [2.05, 4.69) is 59.6 Å². The summed E-state index contributed by atoms with van der Waals surface area (Å²) in [6.07, 6.45) is 4.47. The molecule has 2 unspecified atom stereocenters. The number of ether oxygens (including phenoxy) is 1. The number of hydrogen-bond donors (Lipinski definition) is 2. The molecule has 28 heavy (non-hydrogen) atoms. The van der Waals surface area contributed by atoms with Crippen molar-refractivity contribution in [3.8, 4) is 0 Å². The minimum Gasteiger partial charge on any atom is -0.377 e. The molecule has 0 spiro atoms. The molecule has 0 radical (unpaired) electrons. The van der Waals surface area contributed by atoms with Crippen LogP contribution in [0.3, 0.4) is 0 Å². The van der Waals surface area contributed by atoms with Crippen LogP contribution in [0.2, 0.25) is 0 Å². The molecule has 1 aliphatic heterocycles. The topological polar surface area (TPSA) is 58.5 Å². The Morgan fingerprint density at radius 1 is 1.21 bits per heavy atom. The van der Waals surface area contributed by atoms with Gasteiger partial charge in [-0.15, -0.1) is 24.0 Å². The first-order valence-electron chi connectivity index (χ1n) is 9.88. The van der Waals surface area contributed by atoms with E-state index in [0.717, 1.165) is 31.0 Å². The molecule has 1 fully saturated rings. The number of benzene rings is 1. The molecule has 0 aliphatic carbocycles. The van der Waals surface area contributed by atoms with Crippen molar-refractivity contribution < 1.29 is 4.74 Å². The van der Waals surface area contributed by atoms with Gasteiger partial charge >= 0.3 is 0 Å². The zero-order chi connectivity index (χ0) is 19.3. The number of hydrogen-bond acceptors (Lipinski definition) is 3. The summed E-state index contributed by atoms with van der Waals surface area (Å²) in [7, 11) is 1.82. The molecular weight excluding hydrogens is 463 g/mol. The first kappa shape index (κ1) is 22.9. The molecule has 0 bridgehead atoms. The van der Waals surface area contributed by atoms with Crippen LogP contribution in [-0.2, 0) is 11.3 Å². The highest BCUT2D eigenvalue weighted by Crippen LogP contribution is 2.33. The Morgan fingerprint density at radius 3 is 2.75 bits per heavy atom. The Morgan fingerprint density at radius 2 is 2.00 bits per heavy atom. The minimum atomic E-state index is 0. The van der Waals surface area contributed by atoms with Gasteiger partial charge in [0.05, 0.1) is 11.6 Å². The largest absolute Gasteiger partial charge is 0.377 e. The summed E-state index contributed by atoms with van der Waals surface area (Å²) in [6.45, 7) is 9.25. The molecular formula is C22H33IN4O. The van der Waals surface area contributed by atoms with Crippen LogP contribution in [0, 0.1) is 11.3 Å². The SMILES string of the molecule is CN=C(NCc1ccnc2ccccc12)NCC1CCCOC1C(C)(C)C.I. The fraction of sp³-hybridized carbons (Fsp3) is 0.545. The third-order valence-corrected chi connectivity index (χ3v) is 5.24. The highest BCUT2D eigenvalue weighted by Gasteiger charge is 2.35. The van der Waals surface area contributed by atoms with Gasteiger partial charge in [-0.25, -0.2) is 0 Å². The maximum Gasteiger partial charge on any atom is 0.191 e. The zero-order valence-corrected chi connectivity index (χ0v) is 19.7. The summed E-state index contributed by atoms with van der Waals surface area (Å²) >= 11 is 0. The van der Waals surface area contributed by atoms with E-state index in [9.17, 15) is 0 Å². The predicted octanol–water partition coefficient (Wildman–Crippen LogP) is 4.36. The van der Waals surface area contributed by atoms with Crippen molar-refractivity contribution in [3.63, 3.8) is 0 Å². The lowest BCUT2D eigenvalue weighted by atomic mass is 9.78. The average molecular weight is 496 g/mol. The maximum absolute atomic E-state index is 6.09. The van der Waals surface area contributed by atoms with Crippen molar-refractivity contribution in [2.75, 3.05) is 20.2 Å². The van der Waals surface area contributed by atoms with Gasteiger partial charge in [-0.1, -0.05) is 39.0 Å². The Hall–Kier alpha value is -1.41. The molecule has 6 heteroatoms. The van der Waals surface area contributed by atoms with Crippen LogP contribution in [0.1, 0.15) is 39.2 Å². The van der Waals surface area contributed by atoms with Crippen LogP contribution in [-0.4, -0.2) is 37.2 Å². The number of pyridine rings is 1. The summed E-state index contributed by atoms with van der Waals surface area (Å²) in [6, 6.07) is 10.3. The second-order valence-corrected chi connectivity index (χ2v) is 8.35. The van der Waals surface area contributed by atoms with Crippen molar-refractivity contribution in [1.82, 2.24) is 15.6 Å². The van der Waals surface area contributed by atoms with Crippen molar-refractivity contribution in [3.05, 3.63) is 42.1 Å². The molecule has 3 rings (SSSR count). The van der Waals surface area contributed by atoms with Crippen LogP contribution >= 0.6 is 24.0 Å². The van der Waals surface area contributed by atoms with Crippen molar-refractivity contribution in [2.24, 2.45) is 16.3 Å². The Labute approximate surface area is 185 Å². The van der Waals surface area contributed by atoms with Crippen LogP contribution in [0.5, 0.6) is 0 Å². The number of nitrogens with one attached hydrogen (secondary N) is 2. The number of nitrogens with zero attached hydrogens (tertiary/aromatic N) is 2. The molecule has 1 saturated heterocycles. The summed E-state index contributed by atoms with van der Waals surface area (Å²) in [5, 5.41) is 8.12. The van der Waals surface area contributed by atoms with E-state index in [4.69, 9.17) is 4.74 Å². The monoisotopic (exact) mass is 496 g/mol. The Kier molecular flexibility index (Phi) is 8.49. The number of fused-ring (bicyclic) bond motifs is 1. The van der Waals surface area contributed by atoms with Gasteiger partial charge in [0.2, 0.25) is 0 Å². The number of halogens is 1. The van der Waals surface area contributed by atoms with Gasteiger partial charge in [-0.3, -0.25) is 9.98 Å². The molecule has 154 valence electrons. The molecule has 0 amide bonds. The lowest BCUT2D eigenvalue weighted by Crippen LogP contribution is -2.47. The van der Waals surface area contributed by atoms with Crippen molar-refractivity contribution in [1.29, 1.82) is 0 Å². The van der Waals surface area contributed by atoms with Gasteiger partial charge < -0.3 is 15.4 Å². The van der Waals surface area contributed by atoms with Gasteiger partial charge in [0.1, 0.15) is 0 Å². The molecule has 2 aromatic rings. The molecule has 2 N–H and O–H groups in total. The number of aromatic nitrogens is 1. The minimum absolute atomic E-state index is 0. The summed E-state index contributed by atoms with van der Waals surface area (Å²) in [5.41, 5.74) is 2.39. The van der Waals surface area contributed by atoms with Gasteiger partial charge in [0.15, 0.2) is 5.96 Å². The predicted molar refractivity (Wildman–Crippen MR) is 127 cm³/mol. The van der Waals surface area contributed by atoms with Crippen LogP contribution < -0.4 is 10.6 Å². The first-order chi connectivity index (χ1) is 13.0.